The molecule has 0 atom stereocenters. The topological polar surface area (TPSA) is 50.2 Å². The summed E-state index contributed by atoms with van der Waals surface area (Å²) in [5.74, 6) is -0.892. The Hall–Kier alpha value is -1.46. The monoisotopic (exact) mass is 277 g/mol. The van der Waals surface area contributed by atoms with E-state index in [-0.39, 0.29) is 0 Å². The summed E-state index contributed by atoms with van der Waals surface area (Å²) in [6, 6.07) is 9.25. The minimum Gasteiger partial charge on any atom is -0.478 e. The summed E-state index contributed by atoms with van der Waals surface area (Å²) in [5.41, 5.74) is 0.367. The Morgan fingerprint density at radius 3 is 2.44 bits per heavy atom. The van der Waals surface area contributed by atoms with Gasteiger partial charge in [0.15, 0.2) is 0 Å². The van der Waals surface area contributed by atoms with Gasteiger partial charge >= 0.3 is 5.97 Å². The van der Waals surface area contributed by atoms with Crippen LogP contribution in [0.25, 0.3) is 0 Å². The van der Waals surface area contributed by atoms with Crippen LogP contribution < -0.4 is 0 Å². The first kappa shape index (κ1) is 13.0. The molecule has 1 aromatic carbocycles. The fraction of sp³-hybridized carbons (Fsp3) is 0.0769. The number of nitrogens with zero attached hydrogens (tertiary/aromatic N) is 1. The normalized spacial score (nSPS) is 10.3. The first-order chi connectivity index (χ1) is 8.72. The van der Waals surface area contributed by atoms with E-state index in [0.717, 1.165) is 14.7 Å². The van der Waals surface area contributed by atoms with E-state index in [0.29, 0.717) is 5.56 Å². The van der Waals surface area contributed by atoms with Gasteiger partial charge in [-0.2, -0.15) is 0 Å². The lowest BCUT2D eigenvalue weighted by Crippen LogP contribution is -2.01. The number of rotatable bonds is 4. The molecule has 1 N–H and O–H groups in total. The summed E-state index contributed by atoms with van der Waals surface area (Å²) in [7, 11) is 0. The van der Waals surface area contributed by atoms with Crippen molar-refractivity contribution in [2.45, 2.75) is 14.7 Å². The highest BCUT2D eigenvalue weighted by atomic mass is 32.2. The average molecular weight is 277 g/mol. The molecule has 2 aromatic rings. The standard InChI is InChI=1S/C13H11NO2S2/c1-17-10-3-2-4-11(12(10)13(15)16)18-9-5-7-14-8-6-9/h2-8H,1H3,(H,15,16). The molecule has 5 heteroatoms. The van der Waals surface area contributed by atoms with E-state index in [1.807, 2.05) is 36.6 Å². The molecule has 0 aliphatic rings. The Balaban J connectivity index is 2.42. The van der Waals surface area contributed by atoms with Gasteiger partial charge in [-0.1, -0.05) is 17.8 Å². The van der Waals surface area contributed by atoms with Crippen LogP contribution in [-0.2, 0) is 0 Å². The zero-order valence-electron chi connectivity index (χ0n) is 9.66. The molecule has 0 saturated heterocycles. The number of thioether (sulfide) groups is 1. The maximum Gasteiger partial charge on any atom is 0.337 e. The molecule has 0 aliphatic heterocycles. The second-order valence-corrected chi connectivity index (χ2v) is 5.39. The second-order valence-electron chi connectivity index (χ2n) is 3.42. The summed E-state index contributed by atoms with van der Waals surface area (Å²) in [4.78, 5) is 17.8. The summed E-state index contributed by atoms with van der Waals surface area (Å²) in [5, 5.41) is 9.32. The lowest BCUT2D eigenvalue weighted by Gasteiger charge is -2.09. The van der Waals surface area contributed by atoms with Crippen LogP contribution in [0, 0.1) is 0 Å². The second kappa shape index (κ2) is 5.93. The highest BCUT2D eigenvalue weighted by molar-refractivity contribution is 8.00. The van der Waals surface area contributed by atoms with Crippen molar-refractivity contribution < 1.29 is 9.90 Å². The third-order valence-electron chi connectivity index (χ3n) is 2.30. The van der Waals surface area contributed by atoms with Crippen molar-refractivity contribution in [3.63, 3.8) is 0 Å². The maximum absolute atomic E-state index is 11.4. The molecule has 0 radical (unpaired) electrons. The summed E-state index contributed by atoms with van der Waals surface area (Å²) in [6.07, 6.45) is 5.27. The molecule has 0 saturated carbocycles. The smallest absolute Gasteiger partial charge is 0.337 e. The minimum atomic E-state index is -0.892. The van der Waals surface area contributed by atoms with Crippen molar-refractivity contribution >= 4 is 29.5 Å². The first-order valence-corrected chi connectivity index (χ1v) is 7.24. The molecular weight excluding hydrogens is 266 g/mol. The molecule has 0 spiro atoms. The lowest BCUT2D eigenvalue weighted by molar-refractivity contribution is 0.0689. The number of benzene rings is 1. The third kappa shape index (κ3) is 2.86. The van der Waals surface area contributed by atoms with Crippen LogP contribution in [-0.4, -0.2) is 22.3 Å². The Morgan fingerprint density at radius 2 is 1.83 bits per heavy atom. The van der Waals surface area contributed by atoms with Gasteiger partial charge in [-0.05, 0) is 30.5 Å². The molecule has 92 valence electrons. The minimum absolute atomic E-state index is 0.367. The van der Waals surface area contributed by atoms with E-state index < -0.39 is 5.97 Å². The molecule has 0 fully saturated rings. The summed E-state index contributed by atoms with van der Waals surface area (Å²) >= 11 is 2.88. The van der Waals surface area contributed by atoms with Crippen LogP contribution in [0.3, 0.4) is 0 Å². The number of carbonyl (C=O) groups is 1. The van der Waals surface area contributed by atoms with Crippen LogP contribution in [0.15, 0.2) is 57.4 Å². The molecule has 1 heterocycles. The van der Waals surface area contributed by atoms with Crippen molar-refractivity contribution in [2.24, 2.45) is 0 Å². The number of aromatic nitrogens is 1. The fourth-order valence-corrected chi connectivity index (χ4v) is 3.15. The molecule has 0 amide bonds. The number of hydrogen-bond acceptors (Lipinski definition) is 4. The van der Waals surface area contributed by atoms with Gasteiger partial charge in [-0.15, -0.1) is 11.8 Å². The molecule has 0 aliphatic carbocycles. The van der Waals surface area contributed by atoms with Gasteiger partial charge in [0.05, 0.1) is 5.56 Å². The molecule has 0 unspecified atom stereocenters. The molecule has 2 rings (SSSR count). The van der Waals surface area contributed by atoms with E-state index in [2.05, 4.69) is 4.98 Å². The van der Waals surface area contributed by atoms with E-state index >= 15 is 0 Å². The molecule has 1 aromatic heterocycles. The van der Waals surface area contributed by atoms with Crippen LogP contribution in [0.1, 0.15) is 10.4 Å². The molecular formula is C13H11NO2S2. The van der Waals surface area contributed by atoms with Gasteiger partial charge in [0, 0.05) is 27.1 Å². The zero-order chi connectivity index (χ0) is 13.0. The Labute approximate surface area is 114 Å². The molecule has 18 heavy (non-hydrogen) atoms. The van der Waals surface area contributed by atoms with E-state index in [9.17, 15) is 9.90 Å². The predicted molar refractivity (Wildman–Crippen MR) is 73.5 cm³/mol. The van der Waals surface area contributed by atoms with Crippen LogP contribution >= 0.6 is 23.5 Å². The van der Waals surface area contributed by atoms with Crippen LogP contribution in [0.2, 0.25) is 0 Å². The average Bonchev–Trinajstić information content (AvgIpc) is 2.39. The van der Waals surface area contributed by atoms with E-state index in [4.69, 9.17) is 0 Å². The summed E-state index contributed by atoms with van der Waals surface area (Å²) in [6.45, 7) is 0. The van der Waals surface area contributed by atoms with E-state index in [1.165, 1.54) is 23.5 Å². The third-order valence-corrected chi connectivity index (χ3v) is 4.15. The maximum atomic E-state index is 11.4. The zero-order valence-corrected chi connectivity index (χ0v) is 11.3. The predicted octanol–water partition coefficient (Wildman–Crippen LogP) is 3.65. The van der Waals surface area contributed by atoms with Gasteiger partial charge in [0.25, 0.3) is 0 Å². The Morgan fingerprint density at radius 1 is 1.17 bits per heavy atom. The number of hydrogen-bond donors (Lipinski definition) is 1. The first-order valence-electron chi connectivity index (χ1n) is 5.20. The SMILES string of the molecule is CSc1cccc(Sc2ccncc2)c1C(=O)O. The van der Waals surface area contributed by atoms with Gasteiger partial charge in [-0.25, -0.2) is 4.79 Å². The van der Waals surface area contributed by atoms with Crippen LogP contribution in [0.4, 0.5) is 0 Å². The van der Waals surface area contributed by atoms with Crippen molar-refractivity contribution in [3.8, 4) is 0 Å². The van der Waals surface area contributed by atoms with Gasteiger partial charge in [0.2, 0.25) is 0 Å². The van der Waals surface area contributed by atoms with Gasteiger partial charge in [0.1, 0.15) is 0 Å². The molecule has 0 bridgehead atoms. The van der Waals surface area contributed by atoms with Crippen molar-refractivity contribution in [3.05, 3.63) is 48.3 Å². The number of carboxylic acids is 1. The van der Waals surface area contributed by atoms with Crippen molar-refractivity contribution in [1.82, 2.24) is 4.98 Å². The highest BCUT2D eigenvalue weighted by Gasteiger charge is 2.15. The largest absolute Gasteiger partial charge is 0.478 e. The number of aromatic carboxylic acids is 1. The quantitative estimate of drug-likeness (QED) is 0.864. The van der Waals surface area contributed by atoms with E-state index in [1.54, 1.807) is 12.4 Å². The fourth-order valence-electron chi connectivity index (χ4n) is 1.51. The summed E-state index contributed by atoms with van der Waals surface area (Å²) < 4.78 is 0. The highest BCUT2D eigenvalue weighted by Crippen LogP contribution is 2.34. The molecule has 3 nitrogen and oxygen atoms in total. The number of carboxylic acid groups (broad SMARTS) is 1. The number of pyridine rings is 1. The Kier molecular flexibility index (Phi) is 4.28. The van der Waals surface area contributed by atoms with Crippen molar-refractivity contribution in [2.75, 3.05) is 6.26 Å². The lowest BCUT2D eigenvalue weighted by atomic mass is 10.2. The van der Waals surface area contributed by atoms with Gasteiger partial charge in [-0.3, -0.25) is 4.98 Å². The van der Waals surface area contributed by atoms with Gasteiger partial charge < -0.3 is 5.11 Å². The van der Waals surface area contributed by atoms with Crippen molar-refractivity contribution in [1.29, 1.82) is 0 Å². The van der Waals surface area contributed by atoms with Crippen LogP contribution in [0.5, 0.6) is 0 Å². The Bertz CT molecular complexity index is 558.